The number of rotatable bonds is 4. The first-order valence-electron chi connectivity index (χ1n) is 5.74. The average Bonchev–Trinajstić information content (AvgIpc) is 2.36. The van der Waals surface area contributed by atoms with Crippen molar-refractivity contribution >= 4 is 27.7 Å². The van der Waals surface area contributed by atoms with Crippen LogP contribution in [0.1, 0.15) is 18.4 Å². The van der Waals surface area contributed by atoms with Crippen molar-refractivity contribution in [2.75, 3.05) is 17.6 Å². The second kappa shape index (κ2) is 5.82. The monoisotopic (exact) mass is 306 g/mol. The quantitative estimate of drug-likeness (QED) is 0.852. The minimum absolute atomic E-state index is 0.384. The maximum absolute atomic E-state index is 5.66. The number of benzene rings is 1. The second-order valence-corrected chi connectivity index (χ2v) is 4.94. The molecule has 0 aliphatic heterocycles. The van der Waals surface area contributed by atoms with E-state index in [-0.39, 0.29) is 0 Å². The second-order valence-electron chi connectivity index (χ2n) is 4.13. The third-order valence-corrected chi connectivity index (χ3v) is 3.06. The molecule has 2 rings (SSSR count). The Labute approximate surface area is 115 Å². The van der Waals surface area contributed by atoms with Crippen LogP contribution >= 0.6 is 15.9 Å². The largest absolute Gasteiger partial charge is 0.383 e. The van der Waals surface area contributed by atoms with Crippen molar-refractivity contribution in [3.05, 3.63) is 46.6 Å². The van der Waals surface area contributed by atoms with Gasteiger partial charge in [-0.25, -0.2) is 4.98 Å². The lowest BCUT2D eigenvalue weighted by Crippen LogP contribution is -2.12. The highest BCUT2D eigenvalue weighted by molar-refractivity contribution is 9.10. The van der Waals surface area contributed by atoms with E-state index < -0.39 is 0 Å². The molecule has 0 saturated heterocycles. The van der Waals surface area contributed by atoms with Crippen molar-refractivity contribution < 1.29 is 0 Å². The molecule has 1 atom stereocenters. The van der Waals surface area contributed by atoms with Crippen LogP contribution in [-0.4, -0.2) is 16.5 Å². The number of nitrogens with zero attached hydrogens (tertiary/aromatic N) is 2. The lowest BCUT2D eigenvalue weighted by Gasteiger charge is -2.13. The van der Waals surface area contributed by atoms with Crippen LogP contribution in [0.15, 0.2) is 41.0 Å². The van der Waals surface area contributed by atoms with Crippen LogP contribution in [-0.2, 0) is 0 Å². The number of aromatic nitrogens is 2. The normalized spacial score (nSPS) is 12.1. The average molecular weight is 307 g/mol. The number of nitrogens with one attached hydrogen (secondary N) is 1. The number of anilines is 2. The zero-order valence-corrected chi connectivity index (χ0v) is 11.7. The van der Waals surface area contributed by atoms with Gasteiger partial charge in [-0.1, -0.05) is 37.3 Å². The number of hydrogen-bond acceptors (Lipinski definition) is 4. The van der Waals surface area contributed by atoms with Crippen molar-refractivity contribution in [3.8, 4) is 0 Å². The summed E-state index contributed by atoms with van der Waals surface area (Å²) < 4.78 is 0.685. The molecule has 94 valence electrons. The maximum atomic E-state index is 5.66. The van der Waals surface area contributed by atoms with Crippen LogP contribution in [0, 0.1) is 0 Å². The number of nitrogen functional groups attached to an aromatic ring is 1. The Morgan fingerprint density at radius 3 is 2.67 bits per heavy atom. The summed E-state index contributed by atoms with van der Waals surface area (Å²) in [4.78, 5) is 8.34. The molecule has 0 aliphatic rings. The molecule has 1 unspecified atom stereocenters. The van der Waals surface area contributed by atoms with Gasteiger partial charge in [-0.15, -0.1) is 0 Å². The molecule has 1 aromatic carbocycles. The van der Waals surface area contributed by atoms with Gasteiger partial charge < -0.3 is 11.1 Å². The summed E-state index contributed by atoms with van der Waals surface area (Å²) in [5.74, 6) is 1.38. The third-order valence-electron chi connectivity index (χ3n) is 2.65. The number of halogens is 1. The van der Waals surface area contributed by atoms with Gasteiger partial charge in [-0.05, 0) is 27.4 Å². The Hall–Kier alpha value is -1.62. The first-order chi connectivity index (χ1) is 8.65. The smallest absolute Gasteiger partial charge is 0.225 e. The van der Waals surface area contributed by atoms with Crippen LogP contribution < -0.4 is 11.1 Å². The van der Waals surface area contributed by atoms with E-state index in [1.165, 1.54) is 5.56 Å². The topological polar surface area (TPSA) is 63.8 Å². The Balaban J connectivity index is 1.99. The summed E-state index contributed by atoms with van der Waals surface area (Å²) in [7, 11) is 0. The molecule has 0 bridgehead atoms. The molecule has 5 heteroatoms. The predicted octanol–water partition coefficient (Wildman–Crippen LogP) is 3.04. The summed E-state index contributed by atoms with van der Waals surface area (Å²) in [6, 6.07) is 12.0. The first kappa shape index (κ1) is 12.8. The minimum Gasteiger partial charge on any atom is -0.383 e. The summed E-state index contributed by atoms with van der Waals surface area (Å²) in [6.07, 6.45) is 0. The van der Waals surface area contributed by atoms with Crippen LogP contribution in [0.5, 0.6) is 0 Å². The number of hydrogen-bond donors (Lipinski definition) is 2. The van der Waals surface area contributed by atoms with Crippen LogP contribution in [0.2, 0.25) is 0 Å². The van der Waals surface area contributed by atoms with Gasteiger partial charge in [0.25, 0.3) is 0 Å². The van der Waals surface area contributed by atoms with Gasteiger partial charge >= 0.3 is 0 Å². The van der Waals surface area contributed by atoms with Gasteiger partial charge in [0.05, 0.1) is 0 Å². The van der Waals surface area contributed by atoms with Crippen molar-refractivity contribution in [2.45, 2.75) is 12.8 Å². The molecule has 0 amide bonds. The van der Waals surface area contributed by atoms with E-state index >= 15 is 0 Å². The number of nitrogens with two attached hydrogens (primary N) is 1. The fraction of sp³-hybridized carbons (Fsp3) is 0.231. The zero-order valence-electron chi connectivity index (χ0n) is 10.1. The van der Waals surface area contributed by atoms with Crippen LogP contribution in [0.4, 0.5) is 11.8 Å². The summed E-state index contributed by atoms with van der Waals surface area (Å²) >= 11 is 3.29. The van der Waals surface area contributed by atoms with Crippen molar-refractivity contribution in [3.63, 3.8) is 0 Å². The molecule has 2 aromatic rings. The highest BCUT2D eigenvalue weighted by Crippen LogP contribution is 2.16. The molecule has 0 spiro atoms. The minimum atomic E-state index is 0.384. The van der Waals surface area contributed by atoms with Crippen molar-refractivity contribution in [1.82, 2.24) is 9.97 Å². The van der Waals surface area contributed by atoms with Crippen LogP contribution in [0.3, 0.4) is 0 Å². The predicted molar refractivity (Wildman–Crippen MR) is 77.5 cm³/mol. The third kappa shape index (κ3) is 3.43. The van der Waals surface area contributed by atoms with Crippen LogP contribution in [0.25, 0.3) is 0 Å². The Bertz CT molecular complexity index is 495. The molecule has 3 N–H and O–H groups in total. The van der Waals surface area contributed by atoms with Gasteiger partial charge in [0.15, 0.2) is 0 Å². The lowest BCUT2D eigenvalue weighted by atomic mass is 10.0. The molecule has 0 fully saturated rings. The standard InChI is InChI=1S/C13H15BrN4/c1-9(10-5-3-2-4-6-10)8-16-13-17-11(14)7-12(15)18-13/h2-7,9H,8H2,1H3,(H3,15,16,17,18). The fourth-order valence-corrected chi connectivity index (χ4v) is 2.06. The van der Waals surface area contributed by atoms with Crippen molar-refractivity contribution in [1.29, 1.82) is 0 Å². The van der Waals surface area contributed by atoms with E-state index in [2.05, 4.69) is 50.3 Å². The lowest BCUT2D eigenvalue weighted by molar-refractivity contribution is 0.796. The molecular weight excluding hydrogens is 292 g/mol. The molecular formula is C13H15BrN4. The highest BCUT2D eigenvalue weighted by Gasteiger charge is 2.06. The van der Waals surface area contributed by atoms with E-state index in [4.69, 9.17) is 5.73 Å². The molecule has 0 saturated carbocycles. The van der Waals surface area contributed by atoms with Gasteiger partial charge in [0, 0.05) is 12.6 Å². The van der Waals surface area contributed by atoms with E-state index in [9.17, 15) is 0 Å². The molecule has 1 aromatic heterocycles. The zero-order chi connectivity index (χ0) is 13.0. The summed E-state index contributed by atoms with van der Waals surface area (Å²) in [5.41, 5.74) is 6.94. The summed E-state index contributed by atoms with van der Waals surface area (Å²) in [5, 5.41) is 3.19. The Morgan fingerprint density at radius 1 is 1.28 bits per heavy atom. The molecule has 0 aliphatic carbocycles. The molecule has 1 heterocycles. The maximum Gasteiger partial charge on any atom is 0.225 e. The highest BCUT2D eigenvalue weighted by atomic mass is 79.9. The van der Waals surface area contributed by atoms with E-state index in [0.717, 1.165) is 6.54 Å². The van der Waals surface area contributed by atoms with Crippen molar-refractivity contribution in [2.24, 2.45) is 0 Å². The molecule has 4 nitrogen and oxygen atoms in total. The SMILES string of the molecule is CC(CNc1nc(N)cc(Br)n1)c1ccccc1. The van der Waals surface area contributed by atoms with Gasteiger partial charge in [0.1, 0.15) is 10.4 Å². The van der Waals surface area contributed by atoms with Gasteiger partial charge in [-0.3, -0.25) is 0 Å². The molecule has 0 radical (unpaired) electrons. The van der Waals surface area contributed by atoms with E-state index in [1.54, 1.807) is 6.07 Å². The summed E-state index contributed by atoms with van der Waals surface area (Å²) in [6.45, 7) is 2.92. The Morgan fingerprint density at radius 2 is 2.00 bits per heavy atom. The van der Waals surface area contributed by atoms with E-state index in [1.807, 2.05) is 18.2 Å². The fourth-order valence-electron chi connectivity index (χ4n) is 1.66. The Kier molecular flexibility index (Phi) is 4.15. The van der Waals surface area contributed by atoms with Gasteiger partial charge in [0.2, 0.25) is 5.95 Å². The molecule has 18 heavy (non-hydrogen) atoms. The van der Waals surface area contributed by atoms with Gasteiger partial charge in [-0.2, -0.15) is 4.98 Å². The van der Waals surface area contributed by atoms with E-state index in [0.29, 0.717) is 22.3 Å². The first-order valence-corrected chi connectivity index (χ1v) is 6.53.